The van der Waals surface area contributed by atoms with Crippen molar-refractivity contribution in [3.05, 3.63) is 51.3 Å². The fourth-order valence-electron chi connectivity index (χ4n) is 1.78. The van der Waals surface area contributed by atoms with Gasteiger partial charge in [0.2, 0.25) is 0 Å². The molecule has 0 bridgehead atoms. The summed E-state index contributed by atoms with van der Waals surface area (Å²) in [4.78, 5) is 10.2. The Labute approximate surface area is 115 Å². The molecule has 100 valence electrons. The molecular weight excluding hydrogens is 268 g/mol. The van der Waals surface area contributed by atoms with E-state index in [0.29, 0.717) is 18.1 Å². The van der Waals surface area contributed by atoms with E-state index in [9.17, 15) is 10.1 Å². The van der Waals surface area contributed by atoms with Crippen molar-refractivity contribution in [2.45, 2.75) is 13.5 Å². The minimum Gasteiger partial charge on any atom is -0.382 e. The van der Waals surface area contributed by atoms with Crippen molar-refractivity contribution < 1.29 is 4.92 Å². The number of nitrogens with zero attached hydrogens (tertiary/aromatic N) is 3. The molecule has 0 unspecified atom stereocenters. The highest BCUT2D eigenvalue weighted by Crippen LogP contribution is 2.30. The number of nitrogens with one attached hydrogen (secondary N) is 1. The van der Waals surface area contributed by atoms with Gasteiger partial charge in [0.1, 0.15) is 0 Å². The van der Waals surface area contributed by atoms with Crippen LogP contribution in [-0.2, 0) is 6.54 Å². The lowest BCUT2D eigenvalue weighted by molar-refractivity contribution is -0.384. The normalized spacial score (nSPS) is 10.4. The number of hydrogen-bond acceptors (Lipinski definition) is 4. The lowest BCUT2D eigenvalue weighted by atomic mass is 10.2. The van der Waals surface area contributed by atoms with E-state index in [1.165, 1.54) is 12.1 Å². The molecule has 1 aromatic heterocycles. The van der Waals surface area contributed by atoms with Gasteiger partial charge in [-0.15, -0.1) is 0 Å². The fraction of sp³-hybridized carbons (Fsp3) is 0.250. The fourth-order valence-corrected chi connectivity index (χ4v) is 2.11. The summed E-state index contributed by atoms with van der Waals surface area (Å²) in [5.74, 6) is 0. The number of nitro groups is 1. The predicted molar refractivity (Wildman–Crippen MR) is 73.6 cm³/mol. The van der Waals surface area contributed by atoms with Gasteiger partial charge in [-0.2, -0.15) is 5.10 Å². The smallest absolute Gasteiger partial charge is 0.271 e. The maximum Gasteiger partial charge on any atom is 0.271 e. The third-order valence-electron chi connectivity index (χ3n) is 2.68. The van der Waals surface area contributed by atoms with Crippen LogP contribution in [0.25, 0.3) is 0 Å². The van der Waals surface area contributed by atoms with E-state index in [-0.39, 0.29) is 5.69 Å². The summed E-state index contributed by atoms with van der Waals surface area (Å²) in [5.41, 5.74) is 1.47. The molecule has 1 aromatic carbocycles. The summed E-state index contributed by atoms with van der Waals surface area (Å²) in [7, 11) is 0. The number of aryl methyl sites for hydroxylation is 1. The van der Waals surface area contributed by atoms with Gasteiger partial charge in [0, 0.05) is 31.1 Å². The van der Waals surface area contributed by atoms with Gasteiger partial charge >= 0.3 is 0 Å². The van der Waals surface area contributed by atoms with Crippen LogP contribution in [0.1, 0.15) is 5.56 Å². The first kappa shape index (κ1) is 13.4. The van der Waals surface area contributed by atoms with Gasteiger partial charge in [0.15, 0.2) is 0 Å². The summed E-state index contributed by atoms with van der Waals surface area (Å²) in [5, 5.41) is 18.3. The lowest BCUT2D eigenvalue weighted by Crippen LogP contribution is -2.11. The highest BCUT2D eigenvalue weighted by Gasteiger charge is 2.12. The first-order valence-electron chi connectivity index (χ1n) is 5.74. The second-order valence-electron chi connectivity index (χ2n) is 4.07. The second-order valence-corrected chi connectivity index (χ2v) is 4.48. The number of hydrogen-bond donors (Lipinski definition) is 1. The van der Waals surface area contributed by atoms with Crippen LogP contribution in [0.2, 0.25) is 5.02 Å². The van der Waals surface area contributed by atoms with Crippen molar-refractivity contribution in [1.29, 1.82) is 0 Å². The van der Waals surface area contributed by atoms with Crippen LogP contribution in [0.15, 0.2) is 30.6 Å². The molecule has 0 aliphatic rings. The van der Waals surface area contributed by atoms with Gasteiger partial charge in [-0.05, 0) is 18.6 Å². The molecule has 19 heavy (non-hydrogen) atoms. The maximum atomic E-state index is 10.7. The predicted octanol–water partition coefficient (Wildman–Crippen LogP) is 2.87. The molecule has 0 fully saturated rings. The average Bonchev–Trinajstić information content (AvgIpc) is 2.85. The van der Waals surface area contributed by atoms with Gasteiger partial charge < -0.3 is 5.32 Å². The van der Waals surface area contributed by atoms with Crippen LogP contribution < -0.4 is 5.32 Å². The molecular formula is C12H13ClN4O2. The summed E-state index contributed by atoms with van der Waals surface area (Å²) < 4.78 is 1.79. The Morgan fingerprint density at radius 1 is 1.53 bits per heavy atom. The quantitative estimate of drug-likeness (QED) is 0.675. The summed E-state index contributed by atoms with van der Waals surface area (Å²) in [6.07, 6.45) is 3.58. The molecule has 2 aromatic rings. The van der Waals surface area contributed by atoms with Crippen LogP contribution in [0.3, 0.4) is 0 Å². The summed E-state index contributed by atoms with van der Waals surface area (Å²) >= 11 is 6.05. The molecule has 7 heteroatoms. The molecule has 0 aliphatic heterocycles. The Kier molecular flexibility index (Phi) is 4.01. The largest absolute Gasteiger partial charge is 0.382 e. The Morgan fingerprint density at radius 2 is 2.32 bits per heavy atom. The number of benzene rings is 1. The number of nitro benzene ring substituents is 1. The lowest BCUT2D eigenvalue weighted by Gasteiger charge is -2.11. The zero-order valence-corrected chi connectivity index (χ0v) is 11.1. The third-order valence-corrected chi connectivity index (χ3v) is 2.98. The average molecular weight is 281 g/mol. The van der Waals surface area contributed by atoms with E-state index < -0.39 is 4.92 Å². The first-order valence-corrected chi connectivity index (χ1v) is 6.11. The van der Waals surface area contributed by atoms with Gasteiger partial charge in [-0.3, -0.25) is 14.8 Å². The number of non-ortho nitro benzene ring substituents is 1. The molecule has 0 spiro atoms. The van der Waals surface area contributed by atoms with Crippen molar-refractivity contribution in [3.63, 3.8) is 0 Å². The molecule has 0 aliphatic carbocycles. The Morgan fingerprint density at radius 3 is 2.89 bits per heavy atom. The minimum absolute atomic E-state index is 0.000117. The number of anilines is 1. The Balaban J connectivity index is 2.06. The molecule has 2 rings (SSSR count). The van der Waals surface area contributed by atoms with Crippen LogP contribution in [-0.4, -0.2) is 21.2 Å². The topological polar surface area (TPSA) is 73.0 Å². The van der Waals surface area contributed by atoms with Gasteiger partial charge in [0.05, 0.1) is 22.2 Å². The zero-order chi connectivity index (χ0) is 13.8. The monoisotopic (exact) mass is 280 g/mol. The van der Waals surface area contributed by atoms with Crippen LogP contribution in [0.5, 0.6) is 0 Å². The van der Waals surface area contributed by atoms with Gasteiger partial charge in [-0.1, -0.05) is 11.6 Å². The summed E-state index contributed by atoms with van der Waals surface area (Å²) in [6.45, 7) is 3.12. The van der Waals surface area contributed by atoms with E-state index >= 15 is 0 Å². The first-order chi connectivity index (χ1) is 9.08. The molecule has 6 nitrogen and oxygen atoms in total. The number of aromatic nitrogens is 2. The van der Waals surface area contributed by atoms with Crippen molar-refractivity contribution in [3.8, 4) is 0 Å². The molecule has 1 heterocycles. The van der Waals surface area contributed by atoms with Crippen LogP contribution >= 0.6 is 11.6 Å². The highest BCUT2D eigenvalue weighted by atomic mass is 35.5. The SMILES string of the molecule is Cc1cc([N+](=O)[O-])cc(Cl)c1NCCn1cccn1. The van der Waals surface area contributed by atoms with Gasteiger partial charge in [0.25, 0.3) is 5.69 Å². The maximum absolute atomic E-state index is 10.7. The molecule has 0 saturated heterocycles. The van der Waals surface area contributed by atoms with Crippen molar-refractivity contribution in [2.75, 3.05) is 11.9 Å². The molecule has 0 radical (unpaired) electrons. The zero-order valence-electron chi connectivity index (χ0n) is 10.3. The number of halogens is 1. The standard InChI is InChI=1S/C12H13ClN4O2/c1-9-7-10(17(18)19)8-11(13)12(9)14-4-6-16-5-2-3-15-16/h2-3,5,7-8,14H,4,6H2,1H3. The summed E-state index contributed by atoms with van der Waals surface area (Å²) in [6, 6.07) is 4.71. The second kappa shape index (κ2) is 5.71. The van der Waals surface area contributed by atoms with Crippen LogP contribution in [0.4, 0.5) is 11.4 Å². The van der Waals surface area contributed by atoms with E-state index in [1.54, 1.807) is 17.8 Å². The van der Waals surface area contributed by atoms with E-state index in [1.807, 2.05) is 12.3 Å². The molecule has 0 atom stereocenters. The van der Waals surface area contributed by atoms with Crippen molar-refractivity contribution >= 4 is 23.0 Å². The Bertz CT molecular complexity index is 560. The van der Waals surface area contributed by atoms with Crippen LogP contribution in [0, 0.1) is 17.0 Å². The minimum atomic E-state index is -0.452. The number of rotatable bonds is 5. The third kappa shape index (κ3) is 3.23. The Hall–Kier alpha value is -2.08. The van der Waals surface area contributed by atoms with Crippen molar-refractivity contribution in [2.24, 2.45) is 0 Å². The van der Waals surface area contributed by atoms with E-state index in [0.717, 1.165) is 11.3 Å². The van der Waals surface area contributed by atoms with Crippen molar-refractivity contribution in [1.82, 2.24) is 9.78 Å². The molecule has 1 N–H and O–H groups in total. The molecule has 0 amide bonds. The highest BCUT2D eigenvalue weighted by molar-refractivity contribution is 6.33. The van der Waals surface area contributed by atoms with Gasteiger partial charge in [-0.25, -0.2) is 0 Å². The van der Waals surface area contributed by atoms with E-state index in [4.69, 9.17) is 11.6 Å². The van der Waals surface area contributed by atoms with E-state index in [2.05, 4.69) is 10.4 Å². The molecule has 0 saturated carbocycles.